The van der Waals surface area contributed by atoms with Gasteiger partial charge in [0.25, 0.3) is 0 Å². The predicted octanol–water partition coefficient (Wildman–Crippen LogP) is 3.53. The maximum atomic E-state index is 13.1. The Morgan fingerprint density at radius 1 is 1.36 bits per heavy atom. The Morgan fingerprint density at radius 3 is 2.86 bits per heavy atom. The SMILES string of the molecule is CC.CC1CC(=Nc2ccc(C#N)c(NCCOc3cccc(F)c3)n2)NN1. The van der Waals surface area contributed by atoms with Crippen molar-refractivity contribution in [3.8, 4) is 11.8 Å². The van der Waals surface area contributed by atoms with Gasteiger partial charge in [-0.2, -0.15) is 5.26 Å². The van der Waals surface area contributed by atoms with Crippen LogP contribution in [0.3, 0.4) is 0 Å². The molecule has 0 saturated carbocycles. The Bertz CT molecular complexity index is 849. The molecule has 1 unspecified atom stereocenters. The van der Waals surface area contributed by atoms with Crippen LogP contribution in [0, 0.1) is 17.1 Å². The molecule has 7 nitrogen and oxygen atoms in total. The second-order valence-electron chi connectivity index (χ2n) is 5.84. The molecule has 0 radical (unpaired) electrons. The average Bonchev–Trinajstić information content (AvgIpc) is 3.12. The summed E-state index contributed by atoms with van der Waals surface area (Å²) in [5.41, 5.74) is 6.49. The zero-order chi connectivity index (χ0) is 20.4. The maximum absolute atomic E-state index is 13.1. The zero-order valence-corrected chi connectivity index (χ0v) is 16.3. The predicted molar refractivity (Wildman–Crippen MR) is 108 cm³/mol. The number of halogens is 1. The molecule has 1 aliphatic rings. The fourth-order valence-corrected chi connectivity index (χ4v) is 2.44. The van der Waals surface area contributed by atoms with Crippen LogP contribution in [-0.4, -0.2) is 30.0 Å². The summed E-state index contributed by atoms with van der Waals surface area (Å²) in [6, 6.07) is 11.7. The standard InChI is InChI=1S/C18H19FN6O.C2H6/c1-12-9-17(25-24-12)22-16-6-5-13(11-20)18(23-16)21-7-8-26-15-4-2-3-14(19)10-15;1-2/h2-6,10,12,24H,7-9H2,1H3,(H2,21,22,23,25);1-2H3. The van der Waals surface area contributed by atoms with Gasteiger partial charge in [0, 0.05) is 18.5 Å². The molecule has 1 atom stereocenters. The summed E-state index contributed by atoms with van der Waals surface area (Å²) in [5, 5.41) is 12.3. The largest absolute Gasteiger partial charge is 0.492 e. The van der Waals surface area contributed by atoms with E-state index in [2.05, 4.69) is 32.2 Å². The van der Waals surface area contributed by atoms with Crippen LogP contribution in [0.2, 0.25) is 0 Å². The van der Waals surface area contributed by atoms with Crippen LogP contribution in [-0.2, 0) is 0 Å². The van der Waals surface area contributed by atoms with Gasteiger partial charge in [0.1, 0.15) is 35.9 Å². The van der Waals surface area contributed by atoms with Gasteiger partial charge in [-0.3, -0.25) is 0 Å². The first kappa shape index (κ1) is 21.1. The first-order valence-corrected chi connectivity index (χ1v) is 9.26. The molecule has 3 N–H and O–H groups in total. The molecule has 2 heterocycles. The van der Waals surface area contributed by atoms with Crippen LogP contribution in [0.15, 0.2) is 41.4 Å². The molecule has 0 aliphatic carbocycles. The van der Waals surface area contributed by atoms with Gasteiger partial charge in [-0.25, -0.2) is 19.8 Å². The second-order valence-corrected chi connectivity index (χ2v) is 5.84. The summed E-state index contributed by atoms with van der Waals surface area (Å²) < 4.78 is 18.6. The molecular formula is C20H25FN6O. The van der Waals surface area contributed by atoms with Crippen LogP contribution >= 0.6 is 0 Å². The molecule has 1 aromatic heterocycles. The van der Waals surface area contributed by atoms with Gasteiger partial charge in [-0.15, -0.1) is 0 Å². The first-order chi connectivity index (χ1) is 13.6. The van der Waals surface area contributed by atoms with Gasteiger partial charge in [-0.05, 0) is 31.2 Å². The number of benzene rings is 1. The molecule has 0 spiro atoms. The normalized spacial score (nSPS) is 16.5. The molecule has 28 heavy (non-hydrogen) atoms. The molecule has 1 fully saturated rings. The van der Waals surface area contributed by atoms with Gasteiger partial charge in [-0.1, -0.05) is 19.9 Å². The van der Waals surface area contributed by atoms with E-state index >= 15 is 0 Å². The third-order valence-corrected chi connectivity index (χ3v) is 3.67. The number of aromatic nitrogens is 1. The number of hydrazine groups is 1. The molecule has 148 valence electrons. The van der Waals surface area contributed by atoms with E-state index in [-0.39, 0.29) is 5.82 Å². The highest BCUT2D eigenvalue weighted by atomic mass is 19.1. The van der Waals surface area contributed by atoms with Crippen LogP contribution in [0.1, 0.15) is 32.8 Å². The zero-order valence-electron chi connectivity index (χ0n) is 16.3. The van der Waals surface area contributed by atoms with E-state index in [4.69, 9.17) is 4.74 Å². The number of aliphatic imine (C=N–C) groups is 1. The minimum atomic E-state index is -0.347. The number of amidine groups is 1. The summed E-state index contributed by atoms with van der Waals surface area (Å²) in [7, 11) is 0. The topological polar surface area (TPSA) is 94.4 Å². The minimum Gasteiger partial charge on any atom is -0.492 e. The fourth-order valence-electron chi connectivity index (χ4n) is 2.44. The third kappa shape index (κ3) is 6.21. The molecule has 8 heteroatoms. The number of hydrogen-bond donors (Lipinski definition) is 3. The Labute approximate surface area is 164 Å². The van der Waals surface area contributed by atoms with Crippen LogP contribution in [0.5, 0.6) is 5.75 Å². The molecule has 3 rings (SSSR count). The smallest absolute Gasteiger partial charge is 0.156 e. The summed E-state index contributed by atoms with van der Waals surface area (Å²) in [6.07, 6.45) is 0.784. The Morgan fingerprint density at radius 2 is 2.18 bits per heavy atom. The van der Waals surface area contributed by atoms with E-state index in [9.17, 15) is 9.65 Å². The van der Waals surface area contributed by atoms with E-state index in [1.807, 2.05) is 20.8 Å². The average molecular weight is 384 g/mol. The van der Waals surface area contributed by atoms with E-state index in [0.717, 1.165) is 12.3 Å². The van der Waals surface area contributed by atoms with Crippen LogP contribution in [0.4, 0.5) is 16.0 Å². The molecule has 0 bridgehead atoms. The van der Waals surface area contributed by atoms with E-state index in [1.54, 1.807) is 24.3 Å². The monoisotopic (exact) mass is 384 g/mol. The van der Waals surface area contributed by atoms with Gasteiger partial charge >= 0.3 is 0 Å². The highest BCUT2D eigenvalue weighted by Gasteiger charge is 2.15. The molecule has 1 saturated heterocycles. The number of nitrogens with one attached hydrogen (secondary N) is 3. The van der Waals surface area contributed by atoms with Crippen molar-refractivity contribution >= 4 is 17.5 Å². The lowest BCUT2D eigenvalue weighted by Crippen LogP contribution is -2.29. The van der Waals surface area contributed by atoms with E-state index < -0.39 is 0 Å². The number of pyridine rings is 1. The summed E-state index contributed by atoms with van der Waals surface area (Å²) in [4.78, 5) is 8.83. The summed E-state index contributed by atoms with van der Waals surface area (Å²) in [6.45, 7) is 6.76. The number of nitrogens with zero attached hydrogens (tertiary/aromatic N) is 3. The molecule has 1 aromatic carbocycles. The number of ether oxygens (including phenoxy) is 1. The highest BCUT2D eigenvalue weighted by molar-refractivity contribution is 5.86. The van der Waals surface area contributed by atoms with E-state index in [1.165, 1.54) is 12.1 Å². The number of hydrogen-bond acceptors (Lipinski definition) is 6. The molecule has 2 aromatic rings. The Hall–Kier alpha value is -3.18. The Kier molecular flexibility index (Phi) is 8.18. The van der Waals surface area contributed by atoms with Crippen molar-refractivity contribution in [2.75, 3.05) is 18.5 Å². The van der Waals surface area contributed by atoms with Crippen molar-refractivity contribution in [1.29, 1.82) is 5.26 Å². The van der Waals surface area contributed by atoms with Crippen molar-refractivity contribution in [3.05, 3.63) is 47.8 Å². The van der Waals surface area contributed by atoms with Gasteiger partial charge in [0.05, 0.1) is 12.1 Å². The first-order valence-electron chi connectivity index (χ1n) is 9.26. The van der Waals surface area contributed by atoms with Crippen LogP contribution in [0.25, 0.3) is 0 Å². The van der Waals surface area contributed by atoms with Crippen molar-refractivity contribution in [1.82, 2.24) is 15.8 Å². The lowest BCUT2D eigenvalue weighted by atomic mass is 10.2. The number of rotatable bonds is 6. The lowest BCUT2D eigenvalue weighted by molar-refractivity contribution is 0.331. The quantitative estimate of drug-likeness (QED) is 0.660. The van der Waals surface area contributed by atoms with Crippen molar-refractivity contribution in [2.45, 2.75) is 33.2 Å². The molecular weight excluding hydrogens is 359 g/mol. The van der Waals surface area contributed by atoms with Crippen molar-refractivity contribution in [3.63, 3.8) is 0 Å². The van der Waals surface area contributed by atoms with Crippen molar-refractivity contribution < 1.29 is 9.13 Å². The lowest BCUT2D eigenvalue weighted by Gasteiger charge is -2.10. The summed E-state index contributed by atoms with van der Waals surface area (Å²) >= 11 is 0. The second kappa shape index (κ2) is 10.8. The maximum Gasteiger partial charge on any atom is 0.156 e. The minimum absolute atomic E-state index is 0.303. The number of anilines is 1. The highest BCUT2D eigenvalue weighted by Crippen LogP contribution is 2.19. The van der Waals surface area contributed by atoms with Crippen molar-refractivity contribution in [2.24, 2.45) is 4.99 Å². The number of nitriles is 1. The summed E-state index contributed by atoms with van der Waals surface area (Å²) in [5.74, 6) is 1.86. The molecule has 0 amide bonds. The van der Waals surface area contributed by atoms with E-state index in [0.29, 0.717) is 42.1 Å². The van der Waals surface area contributed by atoms with Gasteiger partial charge < -0.3 is 15.5 Å². The fraction of sp³-hybridized carbons (Fsp3) is 0.350. The molecule has 1 aliphatic heterocycles. The van der Waals surface area contributed by atoms with Gasteiger partial charge in [0.2, 0.25) is 0 Å². The third-order valence-electron chi connectivity index (χ3n) is 3.67. The van der Waals surface area contributed by atoms with Crippen LogP contribution < -0.4 is 20.9 Å². The Balaban J connectivity index is 0.00000136. The van der Waals surface area contributed by atoms with Gasteiger partial charge in [0.15, 0.2) is 5.82 Å².